The molecule has 6 heteroatoms. The van der Waals surface area contributed by atoms with Gasteiger partial charge in [-0.1, -0.05) is 13.0 Å². The molecule has 112 valence electrons. The molecule has 0 aliphatic carbocycles. The van der Waals surface area contributed by atoms with Crippen molar-refractivity contribution in [2.24, 2.45) is 5.92 Å². The van der Waals surface area contributed by atoms with E-state index in [1.165, 1.54) is 22.5 Å². The Balaban J connectivity index is 2.16. The molecule has 0 spiro atoms. The zero-order valence-corrected chi connectivity index (χ0v) is 12.5. The molecule has 1 saturated heterocycles. The van der Waals surface area contributed by atoms with E-state index in [1.807, 2.05) is 6.92 Å². The van der Waals surface area contributed by atoms with Crippen molar-refractivity contribution in [2.75, 3.05) is 26.2 Å². The molecule has 4 nitrogen and oxygen atoms in total. The van der Waals surface area contributed by atoms with Crippen molar-refractivity contribution in [1.29, 1.82) is 0 Å². The van der Waals surface area contributed by atoms with E-state index in [0.717, 1.165) is 32.0 Å². The van der Waals surface area contributed by atoms with Gasteiger partial charge in [-0.15, -0.1) is 0 Å². The van der Waals surface area contributed by atoms with Gasteiger partial charge in [0.05, 0.1) is 4.90 Å². The number of hydrogen-bond donors (Lipinski definition) is 1. The van der Waals surface area contributed by atoms with E-state index >= 15 is 0 Å². The number of piperidine rings is 1. The predicted octanol–water partition coefficient (Wildman–Crippen LogP) is 1.84. The van der Waals surface area contributed by atoms with Gasteiger partial charge in [0.25, 0.3) is 0 Å². The third-order valence-corrected chi connectivity index (χ3v) is 5.58. The van der Waals surface area contributed by atoms with Crippen molar-refractivity contribution in [1.82, 2.24) is 9.62 Å². The molecule has 1 heterocycles. The fraction of sp³-hybridized carbons (Fsp3) is 0.571. The lowest BCUT2D eigenvalue weighted by molar-refractivity contribution is 0.297. The maximum absolute atomic E-state index is 13.2. The minimum absolute atomic E-state index is 0.0307. The Labute approximate surface area is 120 Å². The molecule has 20 heavy (non-hydrogen) atoms. The van der Waals surface area contributed by atoms with E-state index in [0.29, 0.717) is 19.0 Å². The summed E-state index contributed by atoms with van der Waals surface area (Å²) in [4.78, 5) is 0.0307. The molecule has 1 aliphatic heterocycles. The van der Waals surface area contributed by atoms with Crippen LogP contribution >= 0.6 is 0 Å². The molecule has 1 atom stereocenters. The molecule has 1 aromatic carbocycles. The molecule has 1 N–H and O–H groups in total. The molecule has 1 aromatic rings. The van der Waals surface area contributed by atoms with E-state index < -0.39 is 15.8 Å². The van der Waals surface area contributed by atoms with Crippen LogP contribution in [0.25, 0.3) is 0 Å². The second-order valence-corrected chi connectivity index (χ2v) is 7.06. The van der Waals surface area contributed by atoms with Crippen molar-refractivity contribution in [3.05, 3.63) is 30.1 Å². The highest BCUT2D eigenvalue weighted by atomic mass is 32.2. The van der Waals surface area contributed by atoms with Crippen LogP contribution in [0.4, 0.5) is 4.39 Å². The van der Waals surface area contributed by atoms with Crippen LogP contribution in [-0.4, -0.2) is 38.9 Å². The maximum atomic E-state index is 13.2. The predicted molar refractivity (Wildman–Crippen MR) is 76.4 cm³/mol. The van der Waals surface area contributed by atoms with Gasteiger partial charge < -0.3 is 5.32 Å². The number of sulfonamides is 1. The van der Waals surface area contributed by atoms with E-state index in [-0.39, 0.29) is 4.90 Å². The number of nitrogens with one attached hydrogen (secondary N) is 1. The summed E-state index contributed by atoms with van der Waals surface area (Å²) in [5.74, 6) is -0.200. The van der Waals surface area contributed by atoms with Gasteiger partial charge in [0, 0.05) is 13.1 Å². The second-order valence-electron chi connectivity index (χ2n) is 5.13. The van der Waals surface area contributed by atoms with Gasteiger partial charge in [-0.25, -0.2) is 12.8 Å². The fourth-order valence-corrected chi connectivity index (χ4v) is 4.10. The molecular weight excluding hydrogens is 279 g/mol. The Morgan fingerprint density at radius 2 is 2.25 bits per heavy atom. The summed E-state index contributed by atoms with van der Waals surface area (Å²) < 4.78 is 39.7. The smallest absolute Gasteiger partial charge is 0.243 e. The molecule has 1 unspecified atom stereocenters. The molecule has 0 radical (unpaired) electrons. The zero-order chi connectivity index (χ0) is 14.6. The van der Waals surface area contributed by atoms with E-state index in [4.69, 9.17) is 0 Å². The number of nitrogens with zero attached hydrogens (tertiary/aromatic N) is 1. The summed E-state index contributed by atoms with van der Waals surface area (Å²) in [6.45, 7) is 4.54. The van der Waals surface area contributed by atoms with Crippen molar-refractivity contribution in [3.63, 3.8) is 0 Å². The van der Waals surface area contributed by atoms with Crippen LogP contribution in [0, 0.1) is 11.7 Å². The molecule has 0 amide bonds. The van der Waals surface area contributed by atoms with E-state index in [2.05, 4.69) is 5.32 Å². The first-order valence-corrected chi connectivity index (χ1v) is 8.44. The Morgan fingerprint density at radius 1 is 1.45 bits per heavy atom. The molecule has 1 aliphatic rings. The first kappa shape index (κ1) is 15.4. The van der Waals surface area contributed by atoms with Gasteiger partial charge in [0.15, 0.2) is 0 Å². The molecular formula is C14H21FN2O2S. The fourth-order valence-electron chi connectivity index (χ4n) is 2.54. The molecule has 1 fully saturated rings. The topological polar surface area (TPSA) is 49.4 Å². The van der Waals surface area contributed by atoms with Gasteiger partial charge >= 0.3 is 0 Å². The van der Waals surface area contributed by atoms with Crippen molar-refractivity contribution in [3.8, 4) is 0 Å². The Bertz CT molecular complexity index is 542. The monoisotopic (exact) mass is 300 g/mol. The SMILES string of the molecule is CCN(CC1CCCNC1)S(=O)(=O)c1cccc(F)c1. The highest BCUT2D eigenvalue weighted by Gasteiger charge is 2.26. The van der Waals surface area contributed by atoms with Gasteiger partial charge in [-0.3, -0.25) is 0 Å². The minimum atomic E-state index is -3.61. The number of rotatable bonds is 5. The van der Waals surface area contributed by atoms with Crippen molar-refractivity contribution >= 4 is 10.0 Å². The van der Waals surface area contributed by atoms with Crippen LogP contribution in [0.3, 0.4) is 0 Å². The minimum Gasteiger partial charge on any atom is -0.316 e. The van der Waals surface area contributed by atoms with Crippen LogP contribution < -0.4 is 5.32 Å². The number of halogens is 1. The van der Waals surface area contributed by atoms with Crippen LogP contribution in [-0.2, 0) is 10.0 Å². The van der Waals surface area contributed by atoms with Crippen LogP contribution in [0.1, 0.15) is 19.8 Å². The summed E-state index contributed by atoms with van der Waals surface area (Å²) in [5, 5.41) is 3.28. The van der Waals surface area contributed by atoms with Crippen LogP contribution in [0.5, 0.6) is 0 Å². The van der Waals surface area contributed by atoms with Gasteiger partial charge in [0.1, 0.15) is 5.82 Å². The number of hydrogen-bond acceptors (Lipinski definition) is 3. The highest BCUT2D eigenvalue weighted by Crippen LogP contribution is 2.20. The molecule has 0 bridgehead atoms. The van der Waals surface area contributed by atoms with Crippen molar-refractivity contribution < 1.29 is 12.8 Å². The average Bonchev–Trinajstić information content (AvgIpc) is 2.45. The number of benzene rings is 1. The summed E-state index contributed by atoms with van der Waals surface area (Å²) >= 11 is 0. The normalized spacial score (nSPS) is 20.2. The highest BCUT2D eigenvalue weighted by molar-refractivity contribution is 7.89. The lowest BCUT2D eigenvalue weighted by Gasteiger charge is -2.28. The van der Waals surface area contributed by atoms with Gasteiger partial charge in [0.2, 0.25) is 10.0 Å². The summed E-state index contributed by atoms with van der Waals surface area (Å²) in [5.41, 5.74) is 0. The Kier molecular flexibility index (Phi) is 5.12. The Morgan fingerprint density at radius 3 is 2.85 bits per heavy atom. The maximum Gasteiger partial charge on any atom is 0.243 e. The standard InChI is InChI=1S/C14H21FN2O2S/c1-2-17(11-12-5-4-8-16-10-12)20(18,19)14-7-3-6-13(15)9-14/h3,6-7,9,12,16H,2,4-5,8,10-11H2,1H3. The van der Waals surface area contributed by atoms with Crippen molar-refractivity contribution in [2.45, 2.75) is 24.7 Å². The quantitative estimate of drug-likeness (QED) is 0.902. The summed E-state index contributed by atoms with van der Waals surface area (Å²) in [6, 6.07) is 5.20. The average molecular weight is 300 g/mol. The largest absolute Gasteiger partial charge is 0.316 e. The van der Waals surface area contributed by atoms with Gasteiger partial charge in [-0.2, -0.15) is 4.31 Å². The second kappa shape index (κ2) is 6.65. The van der Waals surface area contributed by atoms with E-state index in [9.17, 15) is 12.8 Å². The Hall–Kier alpha value is -0.980. The summed E-state index contributed by atoms with van der Waals surface area (Å²) in [6.07, 6.45) is 2.10. The van der Waals surface area contributed by atoms with Crippen LogP contribution in [0.15, 0.2) is 29.2 Å². The summed E-state index contributed by atoms with van der Waals surface area (Å²) in [7, 11) is -3.61. The zero-order valence-electron chi connectivity index (χ0n) is 11.7. The lowest BCUT2D eigenvalue weighted by atomic mass is 10.00. The molecule has 0 saturated carbocycles. The lowest BCUT2D eigenvalue weighted by Crippen LogP contribution is -2.40. The molecule has 0 aromatic heterocycles. The first-order valence-electron chi connectivity index (χ1n) is 7.00. The van der Waals surface area contributed by atoms with Crippen LogP contribution in [0.2, 0.25) is 0 Å². The van der Waals surface area contributed by atoms with E-state index in [1.54, 1.807) is 0 Å². The third kappa shape index (κ3) is 3.56. The first-order chi connectivity index (χ1) is 9.54. The third-order valence-electron chi connectivity index (χ3n) is 3.65. The molecule has 2 rings (SSSR count). The van der Waals surface area contributed by atoms with Gasteiger partial charge in [-0.05, 0) is 50.0 Å².